The van der Waals surface area contributed by atoms with Crippen molar-refractivity contribution in [3.63, 3.8) is 0 Å². The number of likely N-dealkylation sites (N-methyl/N-ethyl adjacent to an activating group) is 1. The standard InChI is InChI=1S/C11H19N/c1-8-7-10(8)12(6)9(2)11(3,4)5/h10H,1-2,7H2,3-6H3. The average molecular weight is 165 g/mol. The van der Waals surface area contributed by atoms with Crippen molar-refractivity contribution in [3.05, 3.63) is 24.4 Å². The van der Waals surface area contributed by atoms with Gasteiger partial charge in [-0.05, 0) is 6.42 Å². The number of nitrogens with zero attached hydrogens (tertiary/aromatic N) is 1. The Balaban J connectivity index is 2.59. The zero-order valence-electron chi connectivity index (χ0n) is 8.65. The van der Waals surface area contributed by atoms with Gasteiger partial charge in [-0.2, -0.15) is 0 Å². The van der Waals surface area contributed by atoms with Gasteiger partial charge < -0.3 is 4.90 Å². The average Bonchev–Trinajstić information content (AvgIpc) is 2.62. The van der Waals surface area contributed by atoms with Gasteiger partial charge >= 0.3 is 0 Å². The molecule has 0 aromatic heterocycles. The Morgan fingerprint density at radius 3 is 2.17 bits per heavy atom. The van der Waals surface area contributed by atoms with E-state index in [-0.39, 0.29) is 5.41 Å². The van der Waals surface area contributed by atoms with Gasteiger partial charge in [-0.15, -0.1) is 0 Å². The molecule has 1 saturated carbocycles. The molecule has 1 heteroatoms. The highest BCUT2D eigenvalue weighted by molar-refractivity contribution is 5.28. The minimum atomic E-state index is 0.178. The maximum atomic E-state index is 4.11. The van der Waals surface area contributed by atoms with E-state index in [0.29, 0.717) is 6.04 Å². The van der Waals surface area contributed by atoms with E-state index in [9.17, 15) is 0 Å². The molecule has 1 aliphatic carbocycles. The van der Waals surface area contributed by atoms with Crippen molar-refractivity contribution in [3.8, 4) is 0 Å². The lowest BCUT2D eigenvalue weighted by atomic mass is 9.92. The molecule has 0 amide bonds. The second-order valence-corrected chi connectivity index (χ2v) is 4.69. The number of allylic oxidation sites excluding steroid dienone is 1. The van der Waals surface area contributed by atoms with Gasteiger partial charge in [0.15, 0.2) is 0 Å². The van der Waals surface area contributed by atoms with Crippen molar-refractivity contribution in [2.75, 3.05) is 7.05 Å². The van der Waals surface area contributed by atoms with E-state index in [0.717, 1.165) is 6.42 Å². The Kier molecular flexibility index (Phi) is 2.07. The highest BCUT2D eigenvalue weighted by Crippen LogP contribution is 2.38. The Morgan fingerprint density at radius 2 is 1.92 bits per heavy atom. The molecule has 0 spiro atoms. The summed E-state index contributed by atoms with van der Waals surface area (Å²) in [5.41, 5.74) is 2.71. The predicted molar refractivity (Wildman–Crippen MR) is 53.9 cm³/mol. The molecule has 0 radical (unpaired) electrons. The second kappa shape index (κ2) is 2.65. The van der Waals surface area contributed by atoms with E-state index in [1.54, 1.807) is 0 Å². The molecule has 0 N–H and O–H groups in total. The summed E-state index contributed by atoms with van der Waals surface area (Å²) in [6, 6.07) is 0.566. The molecule has 1 aliphatic rings. The van der Waals surface area contributed by atoms with Crippen molar-refractivity contribution < 1.29 is 0 Å². The molecule has 12 heavy (non-hydrogen) atoms. The van der Waals surface area contributed by atoms with Gasteiger partial charge in [-0.25, -0.2) is 0 Å². The smallest absolute Gasteiger partial charge is 0.0532 e. The molecule has 0 saturated heterocycles. The molecule has 1 nitrogen and oxygen atoms in total. The first-order valence-corrected chi connectivity index (χ1v) is 4.44. The lowest BCUT2D eigenvalue weighted by molar-refractivity contribution is 0.311. The van der Waals surface area contributed by atoms with Crippen LogP contribution < -0.4 is 0 Å². The predicted octanol–water partition coefficient (Wildman–Crippen LogP) is 2.81. The van der Waals surface area contributed by atoms with Gasteiger partial charge in [0.05, 0.1) is 6.04 Å². The van der Waals surface area contributed by atoms with Gasteiger partial charge in [-0.1, -0.05) is 39.5 Å². The van der Waals surface area contributed by atoms with Crippen LogP contribution in [0.4, 0.5) is 0 Å². The maximum Gasteiger partial charge on any atom is 0.0532 e. The minimum Gasteiger partial charge on any atom is -0.371 e. The molecule has 0 aliphatic heterocycles. The van der Waals surface area contributed by atoms with E-state index < -0.39 is 0 Å². The van der Waals surface area contributed by atoms with Crippen LogP contribution in [0.1, 0.15) is 27.2 Å². The molecule has 1 fully saturated rings. The van der Waals surface area contributed by atoms with Crippen LogP contribution in [0.3, 0.4) is 0 Å². The quantitative estimate of drug-likeness (QED) is 0.569. The van der Waals surface area contributed by atoms with Crippen molar-refractivity contribution in [2.24, 2.45) is 5.41 Å². The number of rotatable bonds is 2. The fraction of sp³-hybridized carbons (Fsp3) is 0.636. The van der Waals surface area contributed by atoms with E-state index >= 15 is 0 Å². The van der Waals surface area contributed by atoms with Gasteiger partial charge in [0.2, 0.25) is 0 Å². The molecule has 1 atom stereocenters. The Morgan fingerprint density at radius 1 is 1.50 bits per heavy atom. The third kappa shape index (κ3) is 1.71. The van der Waals surface area contributed by atoms with Crippen LogP contribution in [0.25, 0.3) is 0 Å². The van der Waals surface area contributed by atoms with Crippen molar-refractivity contribution in [1.82, 2.24) is 4.90 Å². The van der Waals surface area contributed by atoms with Crippen molar-refractivity contribution >= 4 is 0 Å². The zero-order chi connectivity index (χ0) is 9.52. The summed E-state index contributed by atoms with van der Waals surface area (Å²) in [5, 5.41) is 0. The monoisotopic (exact) mass is 165 g/mol. The van der Waals surface area contributed by atoms with Crippen LogP contribution >= 0.6 is 0 Å². The van der Waals surface area contributed by atoms with Crippen LogP contribution in [-0.4, -0.2) is 18.0 Å². The van der Waals surface area contributed by atoms with Gasteiger partial charge in [0.25, 0.3) is 0 Å². The van der Waals surface area contributed by atoms with Crippen LogP contribution in [0.15, 0.2) is 24.4 Å². The Bertz CT molecular complexity index is 220. The molecule has 0 aromatic carbocycles. The van der Waals surface area contributed by atoms with E-state index in [1.807, 2.05) is 0 Å². The summed E-state index contributed by atoms with van der Waals surface area (Å²) >= 11 is 0. The van der Waals surface area contributed by atoms with Crippen molar-refractivity contribution in [2.45, 2.75) is 33.2 Å². The fourth-order valence-corrected chi connectivity index (χ4v) is 1.32. The molecular formula is C11H19N. The fourth-order valence-electron chi connectivity index (χ4n) is 1.32. The highest BCUT2D eigenvalue weighted by atomic mass is 15.2. The largest absolute Gasteiger partial charge is 0.371 e. The topological polar surface area (TPSA) is 3.24 Å². The minimum absolute atomic E-state index is 0.178. The highest BCUT2D eigenvalue weighted by Gasteiger charge is 2.34. The molecular weight excluding hydrogens is 146 g/mol. The molecule has 0 aromatic rings. The van der Waals surface area contributed by atoms with E-state index in [1.165, 1.54) is 11.3 Å². The summed E-state index contributed by atoms with van der Waals surface area (Å²) in [5.74, 6) is 0. The number of hydrogen-bond donors (Lipinski definition) is 0. The lowest BCUT2D eigenvalue weighted by Gasteiger charge is -2.31. The number of hydrogen-bond acceptors (Lipinski definition) is 1. The van der Waals surface area contributed by atoms with Gasteiger partial charge in [0, 0.05) is 18.2 Å². The molecule has 0 heterocycles. The van der Waals surface area contributed by atoms with E-state index in [4.69, 9.17) is 0 Å². The first-order valence-electron chi connectivity index (χ1n) is 4.44. The van der Waals surface area contributed by atoms with Gasteiger partial charge in [0.1, 0.15) is 0 Å². The summed E-state index contributed by atoms with van der Waals surface area (Å²) in [6.45, 7) is 14.6. The maximum absolute atomic E-state index is 4.11. The Labute approximate surface area is 75.8 Å². The van der Waals surface area contributed by atoms with Crippen molar-refractivity contribution in [1.29, 1.82) is 0 Å². The normalized spacial score (nSPS) is 22.3. The van der Waals surface area contributed by atoms with Crippen LogP contribution in [0, 0.1) is 5.41 Å². The Hall–Kier alpha value is -0.720. The summed E-state index contributed by atoms with van der Waals surface area (Å²) in [4.78, 5) is 2.25. The van der Waals surface area contributed by atoms with E-state index in [2.05, 4.69) is 45.9 Å². The third-order valence-electron chi connectivity index (χ3n) is 2.53. The third-order valence-corrected chi connectivity index (χ3v) is 2.53. The SMILES string of the molecule is C=C1CC1N(C)C(=C)C(C)(C)C. The first-order chi connectivity index (χ1) is 5.34. The van der Waals surface area contributed by atoms with Crippen LogP contribution in [-0.2, 0) is 0 Å². The molecule has 1 rings (SSSR count). The lowest BCUT2D eigenvalue weighted by Crippen LogP contribution is -2.27. The summed E-state index contributed by atoms with van der Waals surface area (Å²) < 4.78 is 0. The second-order valence-electron chi connectivity index (χ2n) is 4.69. The first kappa shape index (κ1) is 9.37. The molecule has 0 bridgehead atoms. The zero-order valence-corrected chi connectivity index (χ0v) is 8.65. The summed E-state index contributed by atoms with van der Waals surface area (Å²) in [6.07, 6.45) is 1.14. The van der Waals surface area contributed by atoms with Gasteiger partial charge in [-0.3, -0.25) is 0 Å². The molecule has 68 valence electrons. The summed E-state index contributed by atoms with van der Waals surface area (Å²) in [7, 11) is 2.11. The molecule has 1 unspecified atom stereocenters. The van der Waals surface area contributed by atoms with Crippen LogP contribution in [0.2, 0.25) is 0 Å². The van der Waals surface area contributed by atoms with Crippen LogP contribution in [0.5, 0.6) is 0 Å².